The second kappa shape index (κ2) is 10.6. The SMILES string of the molecule is [2H]c1c([2H])c(N(c2ccccc2)c2ccccc2)c([2H])c([2H])c1-c1ccc2c(c1)c1cc3c(cc1n2-c1ccccc1)C(C)(C)c1ccccc1-3. The molecule has 7 aromatic carbocycles. The predicted octanol–water partition coefficient (Wildman–Crippen LogP) is 12.2. The first-order chi connectivity index (χ1) is 24.8. The Hall–Kier alpha value is -5.86. The quantitative estimate of drug-likeness (QED) is 0.189. The number of para-hydroxylation sites is 3. The first-order valence-electron chi connectivity index (χ1n) is 18.0. The molecule has 0 saturated heterocycles. The van der Waals surface area contributed by atoms with Crippen LogP contribution in [0.2, 0.25) is 0 Å². The van der Waals surface area contributed by atoms with Crippen molar-refractivity contribution in [3.05, 3.63) is 181 Å². The van der Waals surface area contributed by atoms with Crippen LogP contribution in [0, 0.1) is 0 Å². The smallest absolute Gasteiger partial charge is 0.0645 e. The van der Waals surface area contributed by atoms with Crippen molar-refractivity contribution in [2.24, 2.45) is 0 Å². The van der Waals surface area contributed by atoms with Gasteiger partial charge in [-0.05, 0) is 106 Å². The van der Waals surface area contributed by atoms with Crippen molar-refractivity contribution in [3.63, 3.8) is 0 Å². The molecule has 0 bridgehead atoms. The highest BCUT2D eigenvalue weighted by Crippen LogP contribution is 2.51. The predicted molar refractivity (Wildman–Crippen MR) is 198 cm³/mol. The van der Waals surface area contributed by atoms with Crippen LogP contribution in [0.3, 0.4) is 0 Å². The molecule has 9 rings (SSSR count). The van der Waals surface area contributed by atoms with E-state index in [1.807, 2.05) is 78.9 Å². The first-order valence-corrected chi connectivity index (χ1v) is 16.0. The number of rotatable bonds is 5. The fourth-order valence-corrected chi connectivity index (χ4v) is 7.35. The maximum atomic E-state index is 9.34. The van der Waals surface area contributed by atoms with Gasteiger partial charge in [-0.1, -0.05) is 111 Å². The van der Waals surface area contributed by atoms with Crippen molar-refractivity contribution in [2.45, 2.75) is 19.3 Å². The van der Waals surface area contributed by atoms with E-state index in [0.717, 1.165) is 38.9 Å². The zero-order valence-corrected chi connectivity index (χ0v) is 26.3. The van der Waals surface area contributed by atoms with Crippen LogP contribution in [0.1, 0.15) is 30.5 Å². The molecule has 0 amide bonds. The van der Waals surface area contributed by atoms with Gasteiger partial charge in [0.1, 0.15) is 0 Å². The first kappa shape index (κ1) is 23.5. The largest absolute Gasteiger partial charge is 0.311 e. The third kappa shape index (κ3) is 4.33. The second-order valence-electron chi connectivity index (χ2n) is 12.7. The summed E-state index contributed by atoms with van der Waals surface area (Å²) >= 11 is 0. The fourth-order valence-electron chi connectivity index (χ4n) is 7.35. The van der Waals surface area contributed by atoms with Crippen LogP contribution < -0.4 is 4.90 Å². The van der Waals surface area contributed by atoms with E-state index in [9.17, 15) is 5.48 Å². The Kier molecular flexibility index (Phi) is 5.30. The zero-order chi connectivity index (χ0) is 35.0. The molecule has 47 heavy (non-hydrogen) atoms. The summed E-state index contributed by atoms with van der Waals surface area (Å²) in [6, 6.07) is 48.5. The number of fused-ring (bicyclic) bond motifs is 6. The fraction of sp³-hybridized carbons (Fsp3) is 0.0667. The summed E-state index contributed by atoms with van der Waals surface area (Å²) in [7, 11) is 0. The van der Waals surface area contributed by atoms with Gasteiger partial charge in [-0.25, -0.2) is 0 Å². The molecule has 2 heteroatoms. The van der Waals surface area contributed by atoms with Crippen molar-refractivity contribution in [3.8, 4) is 27.9 Å². The van der Waals surface area contributed by atoms with Crippen LogP contribution in [0.4, 0.5) is 17.1 Å². The molecule has 224 valence electrons. The number of nitrogens with zero attached hydrogens (tertiary/aromatic N) is 2. The van der Waals surface area contributed by atoms with Gasteiger partial charge in [0.05, 0.1) is 16.5 Å². The number of benzene rings is 7. The number of aromatic nitrogens is 1. The Labute approximate surface area is 281 Å². The molecule has 0 fully saturated rings. The molecule has 1 aromatic heterocycles. The molecule has 0 unspecified atom stereocenters. The maximum absolute atomic E-state index is 9.34. The Morgan fingerprint density at radius 3 is 1.77 bits per heavy atom. The lowest BCUT2D eigenvalue weighted by Gasteiger charge is -2.25. The van der Waals surface area contributed by atoms with Crippen molar-refractivity contribution in [1.82, 2.24) is 4.57 Å². The number of hydrogen-bond acceptors (Lipinski definition) is 1. The third-order valence-electron chi connectivity index (χ3n) is 9.64. The molecular weight excluding hydrogens is 569 g/mol. The lowest BCUT2D eigenvalue weighted by atomic mass is 9.82. The summed E-state index contributed by atoms with van der Waals surface area (Å²) in [4.78, 5) is 1.81. The topological polar surface area (TPSA) is 8.17 Å². The highest BCUT2D eigenvalue weighted by atomic mass is 15.1. The van der Waals surface area contributed by atoms with E-state index in [1.54, 1.807) is 4.90 Å². The molecule has 0 saturated carbocycles. The van der Waals surface area contributed by atoms with Gasteiger partial charge in [-0.2, -0.15) is 0 Å². The van der Waals surface area contributed by atoms with Gasteiger partial charge in [-0.15, -0.1) is 0 Å². The molecule has 0 aliphatic heterocycles. The Morgan fingerprint density at radius 2 is 1.09 bits per heavy atom. The Morgan fingerprint density at radius 1 is 0.489 bits per heavy atom. The van der Waals surface area contributed by atoms with Gasteiger partial charge in [0, 0.05) is 38.9 Å². The van der Waals surface area contributed by atoms with Gasteiger partial charge in [0.2, 0.25) is 0 Å². The minimum atomic E-state index is -0.159. The van der Waals surface area contributed by atoms with Gasteiger partial charge in [0.15, 0.2) is 0 Å². The van der Waals surface area contributed by atoms with Gasteiger partial charge in [0.25, 0.3) is 0 Å². The monoisotopic (exact) mass is 606 g/mol. The lowest BCUT2D eigenvalue weighted by molar-refractivity contribution is 0.661. The molecule has 0 radical (unpaired) electrons. The maximum Gasteiger partial charge on any atom is 0.0645 e. The zero-order valence-electron chi connectivity index (χ0n) is 30.3. The second-order valence-corrected chi connectivity index (χ2v) is 12.7. The van der Waals surface area contributed by atoms with Crippen LogP contribution in [0.25, 0.3) is 49.7 Å². The molecule has 8 aromatic rings. The molecule has 1 aliphatic rings. The average molecular weight is 607 g/mol. The summed E-state index contributed by atoms with van der Waals surface area (Å²) in [5.41, 5.74) is 10.7. The third-order valence-corrected chi connectivity index (χ3v) is 9.64. The van der Waals surface area contributed by atoms with E-state index in [1.165, 1.54) is 22.3 Å². The van der Waals surface area contributed by atoms with E-state index in [2.05, 4.69) is 85.1 Å². The van der Waals surface area contributed by atoms with E-state index < -0.39 is 0 Å². The lowest BCUT2D eigenvalue weighted by Crippen LogP contribution is -2.14. The van der Waals surface area contributed by atoms with Crippen LogP contribution >= 0.6 is 0 Å². The van der Waals surface area contributed by atoms with Gasteiger partial charge < -0.3 is 9.47 Å². The van der Waals surface area contributed by atoms with Crippen molar-refractivity contribution >= 4 is 38.9 Å². The van der Waals surface area contributed by atoms with E-state index >= 15 is 0 Å². The van der Waals surface area contributed by atoms with Crippen LogP contribution in [0.5, 0.6) is 0 Å². The molecule has 2 nitrogen and oxygen atoms in total. The number of anilines is 3. The summed E-state index contributed by atoms with van der Waals surface area (Å²) in [6.45, 7) is 4.58. The van der Waals surface area contributed by atoms with Crippen molar-refractivity contribution in [2.75, 3.05) is 4.90 Å². The van der Waals surface area contributed by atoms with E-state index in [-0.39, 0.29) is 40.8 Å². The molecular formula is C45H34N2. The number of hydrogen-bond donors (Lipinski definition) is 0. The normalized spacial score (nSPS) is 14.3. The van der Waals surface area contributed by atoms with Crippen LogP contribution in [-0.4, -0.2) is 4.57 Å². The minimum absolute atomic E-state index is 0.0782. The molecule has 1 aliphatic carbocycles. The van der Waals surface area contributed by atoms with Gasteiger partial charge in [-0.3, -0.25) is 0 Å². The van der Waals surface area contributed by atoms with E-state index in [0.29, 0.717) is 5.56 Å². The Balaban J connectivity index is 1.29. The molecule has 0 spiro atoms. The standard InChI is InChI=1S/C45H34N2/c1-45(2)41-21-13-12-20-37(41)38-29-40-39-28-32(24-27-43(39)47(44(40)30-42(38)45)35-18-10-5-11-19-35)31-22-25-36(26-23-31)46(33-14-6-3-7-15-33)34-16-8-4-9-17-34/h3-30H,1-2H3/i22D,23D,25D,26D. The van der Waals surface area contributed by atoms with Crippen LogP contribution in [-0.2, 0) is 5.41 Å². The van der Waals surface area contributed by atoms with Crippen LogP contribution in [0.15, 0.2) is 170 Å². The molecule has 0 N–H and O–H groups in total. The van der Waals surface area contributed by atoms with Crippen molar-refractivity contribution in [1.29, 1.82) is 0 Å². The molecule has 1 heterocycles. The van der Waals surface area contributed by atoms with Crippen molar-refractivity contribution < 1.29 is 5.48 Å². The summed E-state index contributed by atoms with van der Waals surface area (Å²) < 4.78 is 39.6. The highest BCUT2D eigenvalue weighted by Gasteiger charge is 2.36. The average Bonchev–Trinajstić information content (AvgIpc) is 3.60. The Bertz CT molecular complexity index is 2580. The summed E-state index contributed by atoms with van der Waals surface area (Å²) in [5.74, 6) is 0. The summed E-state index contributed by atoms with van der Waals surface area (Å²) in [5, 5.41) is 2.07. The highest BCUT2D eigenvalue weighted by molar-refractivity contribution is 6.12. The van der Waals surface area contributed by atoms with Gasteiger partial charge >= 0.3 is 0 Å². The summed E-state index contributed by atoms with van der Waals surface area (Å²) in [6.07, 6.45) is 0. The van der Waals surface area contributed by atoms with E-state index in [4.69, 9.17) is 0 Å². The minimum Gasteiger partial charge on any atom is -0.311 e. The molecule has 0 atom stereocenters.